The molecule has 0 saturated carbocycles. The van der Waals surface area contributed by atoms with Crippen molar-refractivity contribution >= 4 is 47.4 Å². The minimum Gasteiger partial charge on any atom is -0.312 e. The molecule has 0 bridgehead atoms. The molecule has 0 aliphatic carbocycles. The van der Waals surface area contributed by atoms with Gasteiger partial charge in [-0.25, -0.2) is 9.97 Å². The molecule has 0 atom stereocenters. The van der Waals surface area contributed by atoms with E-state index in [0.29, 0.717) is 5.02 Å². The minimum absolute atomic E-state index is 0. The summed E-state index contributed by atoms with van der Waals surface area (Å²) in [5.74, 6) is 0. The number of hydrogen-bond acceptors (Lipinski definition) is 3. The first-order chi connectivity index (χ1) is 7.33. The van der Waals surface area contributed by atoms with Crippen molar-refractivity contribution in [1.29, 1.82) is 0 Å². The third kappa shape index (κ3) is 2.80. The first-order valence-corrected chi connectivity index (χ1v) is 5.35. The molecule has 17 heavy (non-hydrogen) atoms. The van der Waals surface area contributed by atoms with E-state index in [2.05, 4.69) is 21.4 Å². The van der Waals surface area contributed by atoms with E-state index >= 15 is 0 Å². The largest absolute Gasteiger partial charge is 0.312 e. The number of pyridine rings is 2. The molecule has 92 valence electrons. The second kappa shape index (κ2) is 5.83. The highest BCUT2D eigenvalue weighted by molar-refractivity contribution is 6.31. The Labute approximate surface area is 117 Å². The molecule has 0 fully saturated rings. The quantitative estimate of drug-likeness (QED) is 0.811. The second-order valence-corrected chi connectivity index (χ2v) is 4.16. The highest BCUT2D eigenvalue weighted by Gasteiger charge is 2.11. The van der Waals surface area contributed by atoms with Gasteiger partial charge in [-0.1, -0.05) is 11.6 Å². The van der Waals surface area contributed by atoms with Gasteiger partial charge in [0.25, 0.3) is 0 Å². The van der Waals surface area contributed by atoms with Gasteiger partial charge in [0.05, 0.1) is 5.02 Å². The van der Waals surface area contributed by atoms with E-state index in [-0.39, 0.29) is 24.8 Å². The molecular weight excluding hydrogens is 281 g/mol. The van der Waals surface area contributed by atoms with E-state index < -0.39 is 0 Å². The van der Waals surface area contributed by atoms with Gasteiger partial charge in [0, 0.05) is 36.8 Å². The van der Waals surface area contributed by atoms with Crippen LogP contribution in [-0.2, 0) is 13.0 Å². The zero-order valence-electron chi connectivity index (χ0n) is 8.94. The smallest absolute Gasteiger partial charge is 0.159 e. The van der Waals surface area contributed by atoms with Crippen molar-refractivity contribution in [2.45, 2.75) is 13.0 Å². The van der Waals surface area contributed by atoms with Crippen LogP contribution < -0.4 is 5.32 Å². The lowest BCUT2D eigenvalue weighted by molar-refractivity contribution is 0.632. The molecule has 2 aromatic rings. The summed E-state index contributed by atoms with van der Waals surface area (Å²) in [5.41, 5.74) is 3.22. The van der Waals surface area contributed by atoms with Crippen LogP contribution in [0.3, 0.4) is 0 Å². The first kappa shape index (κ1) is 14.5. The molecule has 0 aromatic carbocycles. The van der Waals surface area contributed by atoms with Gasteiger partial charge in [-0.2, -0.15) is 0 Å². The summed E-state index contributed by atoms with van der Waals surface area (Å²) in [5, 5.41) is 5.01. The Bertz CT molecular complexity index is 531. The molecule has 3 nitrogen and oxygen atoms in total. The van der Waals surface area contributed by atoms with Crippen molar-refractivity contribution in [1.82, 2.24) is 15.3 Å². The number of halogens is 3. The van der Waals surface area contributed by atoms with Crippen molar-refractivity contribution in [3.63, 3.8) is 0 Å². The summed E-state index contributed by atoms with van der Waals surface area (Å²) in [6.45, 7) is 1.89. The molecule has 0 amide bonds. The Morgan fingerprint density at radius 3 is 2.88 bits per heavy atom. The number of hydrogen-bond donors (Lipinski definition) is 1. The Balaban J connectivity index is 0.000000722. The summed E-state index contributed by atoms with van der Waals surface area (Å²) in [4.78, 5) is 8.77. The summed E-state index contributed by atoms with van der Waals surface area (Å²) < 4.78 is 0. The standard InChI is InChI=1S/C11H10ClN3.2ClH/c12-9-4-7-3-8-5-13-2-1-10(8)15-11(7)14-6-9;;/h3-4,6,13H,1-2,5H2;2*1H. The fourth-order valence-corrected chi connectivity index (χ4v) is 2.08. The summed E-state index contributed by atoms with van der Waals surface area (Å²) in [6, 6.07) is 4.04. The van der Waals surface area contributed by atoms with Gasteiger partial charge in [-0.05, 0) is 17.7 Å². The Morgan fingerprint density at radius 2 is 2.06 bits per heavy atom. The first-order valence-electron chi connectivity index (χ1n) is 4.98. The Kier molecular flexibility index (Phi) is 4.95. The van der Waals surface area contributed by atoms with Crippen LogP contribution in [-0.4, -0.2) is 16.5 Å². The highest BCUT2D eigenvalue weighted by Crippen LogP contribution is 2.20. The van der Waals surface area contributed by atoms with Crippen LogP contribution in [0.25, 0.3) is 11.0 Å². The van der Waals surface area contributed by atoms with E-state index in [1.165, 1.54) is 5.56 Å². The van der Waals surface area contributed by atoms with Gasteiger partial charge in [0.2, 0.25) is 0 Å². The minimum atomic E-state index is 0. The van der Waals surface area contributed by atoms with Gasteiger partial charge < -0.3 is 5.32 Å². The Morgan fingerprint density at radius 1 is 1.24 bits per heavy atom. The molecule has 1 aliphatic heterocycles. The van der Waals surface area contributed by atoms with Gasteiger partial charge in [-0.15, -0.1) is 24.8 Å². The van der Waals surface area contributed by atoms with Crippen molar-refractivity contribution in [2.24, 2.45) is 0 Å². The van der Waals surface area contributed by atoms with Gasteiger partial charge >= 0.3 is 0 Å². The normalized spacial score (nSPS) is 13.5. The molecule has 1 aliphatic rings. The topological polar surface area (TPSA) is 37.8 Å². The van der Waals surface area contributed by atoms with E-state index in [9.17, 15) is 0 Å². The molecule has 3 rings (SSSR count). The number of nitrogens with zero attached hydrogens (tertiary/aromatic N) is 2. The lowest BCUT2D eigenvalue weighted by Gasteiger charge is -2.16. The van der Waals surface area contributed by atoms with Crippen LogP contribution >= 0.6 is 36.4 Å². The molecular formula is C11H12Cl3N3. The average Bonchev–Trinajstić information content (AvgIpc) is 2.26. The molecule has 0 unspecified atom stereocenters. The van der Waals surface area contributed by atoms with Crippen LogP contribution in [0.1, 0.15) is 11.3 Å². The molecule has 6 heteroatoms. The van der Waals surface area contributed by atoms with Crippen LogP contribution in [0.2, 0.25) is 5.02 Å². The van der Waals surface area contributed by atoms with Crippen molar-refractivity contribution in [3.05, 3.63) is 34.6 Å². The zero-order chi connectivity index (χ0) is 10.3. The SMILES string of the molecule is Cl.Cl.Clc1cnc2nc3c(cc2c1)CNCC3. The maximum absolute atomic E-state index is 5.90. The monoisotopic (exact) mass is 291 g/mol. The van der Waals surface area contributed by atoms with E-state index in [0.717, 1.165) is 36.2 Å². The van der Waals surface area contributed by atoms with Crippen molar-refractivity contribution in [2.75, 3.05) is 6.54 Å². The predicted molar refractivity (Wildman–Crippen MR) is 74.5 cm³/mol. The summed E-state index contributed by atoms with van der Waals surface area (Å²) in [7, 11) is 0. The number of nitrogens with one attached hydrogen (secondary N) is 1. The maximum atomic E-state index is 5.90. The predicted octanol–water partition coefficient (Wildman–Crippen LogP) is 2.77. The van der Waals surface area contributed by atoms with E-state index in [4.69, 9.17) is 11.6 Å². The zero-order valence-corrected chi connectivity index (χ0v) is 11.3. The Hall–Kier alpha value is -0.610. The maximum Gasteiger partial charge on any atom is 0.159 e. The molecule has 2 aromatic heterocycles. The van der Waals surface area contributed by atoms with Crippen LogP contribution in [0.15, 0.2) is 18.3 Å². The summed E-state index contributed by atoms with van der Waals surface area (Å²) in [6.07, 6.45) is 2.62. The average molecular weight is 293 g/mol. The molecule has 3 heterocycles. The highest BCUT2D eigenvalue weighted by atomic mass is 35.5. The third-order valence-electron chi connectivity index (χ3n) is 2.66. The summed E-state index contributed by atoms with van der Waals surface area (Å²) >= 11 is 5.90. The number of aromatic nitrogens is 2. The lowest BCUT2D eigenvalue weighted by Crippen LogP contribution is -2.24. The molecule has 0 radical (unpaired) electrons. The fraction of sp³-hybridized carbons (Fsp3) is 0.273. The van der Waals surface area contributed by atoms with Crippen LogP contribution in [0.4, 0.5) is 0 Å². The van der Waals surface area contributed by atoms with Gasteiger partial charge in [0.15, 0.2) is 5.65 Å². The fourth-order valence-electron chi connectivity index (χ4n) is 1.92. The lowest BCUT2D eigenvalue weighted by atomic mass is 10.1. The molecule has 0 saturated heterocycles. The van der Waals surface area contributed by atoms with Gasteiger partial charge in [0.1, 0.15) is 0 Å². The van der Waals surface area contributed by atoms with Gasteiger partial charge in [-0.3, -0.25) is 0 Å². The second-order valence-electron chi connectivity index (χ2n) is 3.72. The molecule has 0 spiro atoms. The van der Waals surface area contributed by atoms with E-state index in [1.807, 2.05) is 6.07 Å². The van der Waals surface area contributed by atoms with Crippen LogP contribution in [0, 0.1) is 0 Å². The molecule has 1 N–H and O–H groups in total. The van der Waals surface area contributed by atoms with Crippen LogP contribution in [0.5, 0.6) is 0 Å². The van der Waals surface area contributed by atoms with Crippen molar-refractivity contribution < 1.29 is 0 Å². The third-order valence-corrected chi connectivity index (χ3v) is 2.86. The number of fused-ring (bicyclic) bond motifs is 2. The van der Waals surface area contributed by atoms with Crippen molar-refractivity contribution in [3.8, 4) is 0 Å². The van der Waals surface area contributed by atoms with E-state index in [1.54, 1.807) is 6.20 Å². The number of rotatable bonds is 0.